The molecular formula is C35H56O3. The number of benzene rings is 1. The van der Waals surface area contributed by atoms with Crippen LogP contribution in [0, 0.1) is 52.8 Å². The van der Waals surface area contributed by atoms with Crippen LogP contribution in [0.1, 0.15) is 124 Å². The van der Waals surface area contributed by atoms with Gasteiger partial charge in [-0.3, -0.25) is 4.79 Å². The van der Waals surface area contributed by atoms with E-state index in [0.717, 1.165) is 60.7 Å². The quantitative estimate of drug-likeness (QED) is 0.390. The predicted molar refractivity (Wildman–Crippen MR) is 157 cm³/mol. The maximum absolute atomic E-state index is 12.2. The van der Waals surface area contributed by atoms with Gasteiger partial charge >= 0.3 is 5.97 Å². The molecular weight excluding hydrogens is 468 g/mol. The molecule has 5 aliphatic rings. The Morgan fingerprint density at radius 2 is 1.50 bits per heavy atom. The number of phenols is 1. The van der Waals surface area contributed by atoms with Crippen LogP contribution in [-0.4, -0.2) is 17.2 Å². The molecule has 0 aromatic heterocycles. The van der Waals surface area contributed by atoms with E-state index >= 15 is 0 Å². The van der Waals surface area contributed by atoms with E-state index in [-0.39, 0.29) is 17.5 Å². The van der Waals surface area contributed by atoms with E-state index in [1.165, 1.54) is 44.1 Å². The van der Waals surface area contributed by atoms with E-state index < -0.39 is 0 Å². The van der Waals surface area contributed by atoms with Gasteiger partial charge in [-0.15, -0.1) is 0 Å². The number of hydrogen-bond acceptors (Lipinski definition) is 3. The molecule has 5 saturated carbocycles. The lowest BCUT2D eigenvalue weighted by molar-refractivity contribution is -0.163. The molecule has 5 aliphatic carbocycles. The summed E-state index contributed by atoms with van der Waals surface area (Å²) >= 11 is 0. The van der Waals surface area contributed by atoms with Crippen LogP contribution < -0.4 is 0 Å². The summed E-state index contributed by atoms with van der Waals surface area (Å²) in [7, 11) is 0. The second-order valence-electron chi connectivity index (χ2n) is 14.3. The van der Waals surface area contributed by atoms with Crippen molar-refractivity contribution in [2.45, 2.75) is 125 Å². The number of fused-ring (bicyclic) bond motifs is 7. The van der Waals surface area contributed by atoms with Gasteiger partial charge in [-0.05, 0) is 143 Å². The van der Waals surface area contributed by atoms with E-state index in [0.29, 0.717) is 17.6 Å². The van der Waals surface area contributed by atoms with Gasteiger partial charge in [-0.2, -0.15) is 0 Å². The molecule has 5 fully saturated rings. The third-order valence-corrected chi connectivity index (χ3v) is 12.0. The fourth-order valence-electron chi connectivity index (χ4n) is 8.49. The summed E-state index contributed by atoms with van der Waals surface area (Å²) in [6.07, 6.45) is 13.6. The van der Waals surface area contributed by atoms with Crippen LogP contribution in [0.2, 0.25) is 0 Å². The Morgan fingerprint density at radius 3 is 2.03 bits per heavy atom. The molecule has 4 bridgehead atoms. The second kappa shape index (κ2) is 12.3. The Morgan fingerprint density at radius 1 is 0.895 bits per heavy atom. The Balaban J connectivity index is 0.000000144. The van der Waals surface area contributed by atoms with E-state index in [1.807, 2.05) is 26.0 Å². The lowest BCUT2D eigenvalue weighted by atomic mass is 9.80. The zero-order chi connectivity index (χ0) is 27.6. The van der Waals surface area contributed by atoms with E-state index in [9.17, 15) is 4.79 Å². The average Bonchev–Trinajstić information content (AvgIpc) is 3.73. The van der Waals surface area contributed by atoms with Crippen molar-refractivity contribution in [3.8, 4) is 5.75 Å². The third kappa shape index (κ3) is 6.28. The molecule has 1 N–H and O–H groups in total. The van der Waals surface area contributed by atoms with Gasteiger partial charge in [0.25, 0.3) is 0 Å². The fraction of sp³-hybridized carbons (Fsp3) is 0.800. The first kappa shape index (κ1) is 29.5. The Hall–Kier alpha value is -1.51. The highest BCUT2D eigenvalue weighted by Crippen LogP contribution is 2.59. The number of esters is 1. The van der Waals surface area contributed by atoms with Crippen molar-refractivity contribution < 1.29 is 14.6 Å². The summed E-state index contributed by atoms with van der Waals surface area (Å²) in [5.74, 6) is 8.70. The van der Waals surface area contributed by atoms with Crippen molar-refractivity contribution >= 4 is 5.97 Å². The van der Waals surface area contributed by atoms with Crippen molar-refractivity contribution in [1.82, 2.24) is 0 Å². The summed E-state index contributed by atoms with van der Waals surface area (Å²) < 4.78 is 5.87. The number of ether oxygens (including phenoxy) is 1. The van der Waals surface area contributed by atoms with Gasteiger partial charge in [-0.25, -0.2) is 0 Å². The molecule has 1 aromatic rings. The van der Waals surface area contributed by atoms with Gasteiger partial charge in [-0.1, -0.05) is 53.2 Å². The molecule has 3 heteroatoms. The van der Waals surface area contributed by atoms with Gasteiger partial charge in [0.15, 0.2) is 0 Å². The number of hydrogen-bond donors (Lipinski definition) is 1. The molecule has 0 saturated heterocycles. The normalized spacial score (nSPS) is 37.1. The Labute approximate surface area is 233 Å². The Bertz CT molecular complexity index is 886. The number of rotatable bonds is 5. The standard InChI is InChI=1S/C16H26O2.C10H14O.C9H16/c1-4-16(2,3)15(17)18-14-9-10-8-13(14)12-7-5-6-11(10)12;1-3-8(2)9-4-6-10(11)7-5-9;1-6-7(2)9-4-3-8(6)5-9/h10-14H,4-9H2,1-3H3;4-8,11H,3H2,1-2H3;6-9H,3-5H2,1-2H3. The first-order chi connectivity index (χ1) is 18.1. The van der Waals surface area contributed by atoms with Gasteiger partial charge in [0.1, 0.15) is 11.9 Å². The molecule has 1 aromatic carbocycles. The zero-order valence-electron chi connectivity index (χ0n) is 25.4. The fourth-order valence-corrected chi connectivity index (χ4v) is 8.49. The summed E-state index contributed by atoms with van der Waals surface area (Å²) in [4.78, 5) is 12.2. The lowest BCUT2D eigenvalue weighted by Crippen LogP contribution is -2.36. The molecule has 214 valence electrons. The molecule has 10 atom stereocenters. The predicted octanol–water partition coefficient (Wildman–Crippen LogP) is 9.38. The zero-order valence-corrected chi connectivity index (χ0v) is 25.4. The number of aromatic hydroxyl groups is 1. The minimum atomic E-state index is -0.309. The molecule has 0 amide bonds. The Kier molecular flexibility index (Phi) is 9.57. The van der Waals surface area contributed by atoms with Crippen LogP contribution in [0.4, 0.5) is 0 Å². The minimum absolute atomic E-state index is 0.0251. The van der Waals surface area contributed by atoms with Crippen molar-refractivity contribution in [3.63, 3.8) is 0 Å². The molecule has 3 nitrogen and oxygen atoms in total. The van der Waals surface area contributed by atoms with Crippen LogP contribution in [-0.2, 0) is 9.53 Å². The van der Waals surface area contributed by atoms with Crippen LogP contribution >= 0.6 is 0 Å². The number of carbonyl (C=O) groups excluding carboxylic acids is 1. The van der Waals surface area contributed by atoms with Gasteiger partial charge < -0.3 is 9.84 Å². The highest BCUT2D eigenvalue weighted by atomic mass is 16.5. The van der Waals surface area contributed by atoms with Crippen molar-refractivity contribution in [2.24, 2.45) is 52.8 Å². The van der Waals surface area contributed by atoms with Gasteiger partial charge in [0.05, 0.1) is 5.41 Å². The van der Waals surface area contributed by atoms with Crippen LogP contribution in [0.5, 0.6) is 5.75 Å². The first-order valence-electron chi connectivity index (χ1n) is 16.1. The topological polar surface area (TPSA) is 46.5 Å². The maximum atomic E-state index is 12.2. The van der Waals surface area contributed by atoms with Crippen molar-refractivity contribution in [3.05, 3.63) is 29.8 Å². The molecule has 10 unspecified atom stereocenters. The van der Waals surface area contributed by atoms with E-state index in [2.05, 4.69) is 34.6 Å². The largest absolute Gasteiger partial charge is 0.508 e. The summed E-state index contributed by atoms with van der Waals surface area (Å²) in [6.45, 7) is 15.3. The van der Waals surface area contributed by atoms with Crippen molar-refractivity contribution in [2.75, 3.05) is 0 Å². The maximum Gasteiger partial charge on any atom is 0.311 e. The third-order valence-electron chi connectivity index (χ3n) is 12.0. The molecule has 0 radical (unpaired) electrons. The lowest BCUT2D eigenvalue weighted by Gasteiger charge is -2.33. The SMILES string of the molecule is CC1C2CCC(C2)C1C.CCC(C)(C)C(=O)OC1CC2CC1C1CCCC21.CCC(C)c1ccc(O)cc1. The smallest absolute Gasteiger partial charge is 0.311 e. The molecule has 0 spiro atoms. The van der Waals surface area contributed by atoms with Crippen LogP contribution in [0.25, 0.3) is 0 Å². The highest BCUT2D eigenvalue weighted by molar-refractivity contribution is 5.76. The van der Waals surface area contributed by atoms with E-state index in [1.54, 1.807) is 18.6 Å². The van der Waals surface area contributed by atoms with Crippen LogP contribution in [0.15, 0.2) is 24.3 Å². The van der Waals surface area contributed by atoms with Crippen molar-refractivity contribution in [1.29, 1.82) is 0 Å². The molecule has 6 rings (SSSR count). The van der Waals surface area contributed by atoms with Gasteiger partial charge in [0, 0.05) is 0 Å². The number of carbonyl (C=O) groups is 1. The molecule has 0 heterocycles. The summed E-state index contributed by atoms with van der Waals surface area (Å²) in [6, 6.07) is 7.43. The highest BCUT2D eigenvalue weighted by Gasteiger charge is 2.55. The first-order valence-corrected chi connectivity index (χ1v) is 16.1. The summed E-state index contributed by atoms with van der Waals surface area (Å²) in [5.41, 5.74) is 0.988. The van der Waals surface area contributed by atoms with Crippen LogP contribution in [0.3, 0.4) is 0 Å². The molecule has 38 heavy (non-hydrogen) atoms. The molecule has 0 aliphatic heterocycles. The summed E-state index contributed by atoms with van der Waals surface area (Å²) in [5, 5.41) is 9.01. The van der Waals surface area contributed by atoms with Gasteiger partial charge in [0.2, 0.25) is 0 Å². The number of phenolic OH excluding ortho intramolecular Hbond substituents is 1. The second-order valence-corrected chi connectivity index (χ2v) is 14.3. The monoisotopic (exact) mass is 524 g/mol. The average molecular weight is 525 g/mol. The van der Waals surface area contributed by atoms with E-state index in [4.69, 9.17) is 9.84 Å². The minimum Gasteiger partial charge on any atom is -0.508 e.